The van der Waals surface area contributed by atoms with Crippen molar-refractivity contribution in [2.75, 3.05) is 156 Å². The van der Waals surface area contributed by atoms with Crippen LogP contribution >= 0.6 is 0 Å². The number of carbonyl (C=O) groups excluding carboxylic acids is 7. The average molecular weight is 1370 g/mol. The highest BCUT2D eigenvalue weighted by Crippen LogP contribution is 2.35. The predicted octanol–water partition coefficient (Wildman–Crippen LogP) is 3.90. The summed E-state index contributed by atoms with van der Waals surface area (Å²) in [6.07, 6.45) is -2.49. The number of nitrogens with one attached hydrogen (secondary N) is 4. The molecule has 3 aromatic heterocycles. The number of aromatic nitrogens is 3. The number of anilines is 1. The Labute approximate surface area is 569 Å². The molecule has 97 heavy (non-hydrogen) atoms. The van der Waals surface area contributed by atoms with Gasteiger partial charge in [0, 0.05) is 116 Å². The Balaban J connectivity index is 1.08. The van der Waals surface area contributed by atoms with Gasteiger partial charge in [0.25, 0.3) is 5.91 Å². The number of amides is 4. The van der Waals surface area contributed by atoms with Gasteiger partial charge in [-0.05, 0) is 126 Å². The van der Waals surface area contributed by atoms with Crippen LogP contribution in [0.4, 0.5) is 18.9 Å². The zero-order chi connectivity index (χ0) is 71.5. The lowest BCUT2D eigenvalue weighted by Gasteiger charge is -2.43. The van der Waals surface area contributed by atoms with Crippen LogP contribution in [0, 0.1) is 0 Å². The normalized spacial score (nSPS) is 16.5. The summed E-state index contributed by atoms with van der Waals surface area (Å²) in [7, 11) is 0. The van der Waals surface area contributed by atoms with Gasteiger partial charge in [0.2, 0.25) is 29.5 Å². The molecule has 0 bridgehead atoms. The van der Waals surface area contributed by atoms with Gasteiger partial charge in [-0.1, -0.05) is 6.92 Å². The molecule has 27 nitrogen and oxygen atoms in total. The Morgan fingerprint density at radius 2 is 1.15 bits per heavy atom. The standard InChI is InChI=1S/C67H105F3N14O13/c1-13-47-42-83(63(91)49-19-22-56(93-14-2)78-60(49)67(68,69)70)36-37-84(47)53-21-20-51(48-18-16-24-76-62(48)94-15-3)77-52(53)41-72-23-17-25-75-61(90)50(71)40-54(85)73-26-38-92-39-27-74-55(86)43-79-28-30-80(44-57(87)95-64(4,5)6)32-34-82(46-59(89)97-66(10,11)12)35-33-81(31-29-79)45-58(88)96-65(7,8)9/h16,18-22,24,47,50,72H,13-15,17,23,25-46,71H2,1-12H3,(H,73,85)(H,74,86)(H,75,90)/t47-,50-/m1/s1. The molecule has 30 heteroatoms. The number of halogens is 3. The number of pyridine rings is 3. The number of hydrogen-bond donors (Lipinski definition) is 5. The number of carbonyl (C=O) groups is 7. The molecule has 2 atom stereocenters. The number of nitrogens with zero attached hydrogens (tertiary/aromatic N) is 9. The minimum Gasteiger partial charge on any atom is -0.478 e. The zero-order valence-electron chi connectivity index (χ0n) is 58.8. The van der Waals surface area contributed by atoms with Crippen LogP contribution in [-0.2, 0) is 60.4 Å². The minimum atomic E-state index is -4.89. The van der Waals surface area contributed by atoms with Crippen molar-refractivity contribution in [3.05, 3.63) is 59.5 Å². The largest absolute Gasteiger partial charge is 0.478 e. The third kappa shape index (κ3) is 29.3. The van der Waals surface area contributed by atoms with Crippen molar-refractivity contribution >= 4 is 47.2 Å². The SMILES string of the molecule is CCOc1ccc(C(=O)N2CCN(c3ccc(-c4cccnc4OCC)nc3CNCCCNC(=O)[C@H](N)CC(=O)NCCOCCNC(=O)CN3CCN(CC(=O)OC(C)(C)C)CCN(CC(=O)OC(C)(C)C)CCN(CC(=O)OC(C)(C)C)CC3)[C@H](CC)C2)c(C(F)(F)F)n1. The Morgan fingerprint density at radius 1 is 0.619 bits per heavy atom. The molecular formula is C67H105F3N14O13. The third-order valence-electron chi connectivity index (χ3n) is 15.1. The van der Waals surface area contributed by atoms with E-state index in [0.717, 1.165) is 11.8 Å². The van der Waals surface area contributed by atoms with Gasteiger partial charge < -0.3 is 65.2 Å². The summed E-state index contributed by atoms with van der Waals surface area (Å²) >= 11 is 0. The van der Waals surface area contributed by atoms with Gasteiger partial charge in [0.05, 0.1) is 93.3 Å². The fourth-order valence-electron chi connectivity index (χ4n) is 10.7. The van der Waals surface area contributed by atoms with Crippen LogP contribution in [0.15, 0.2) is 42.6 Å². The summed E-state index contributed by atoms with van der Waals surface area (Å²) in [5.41, 5.74) is 4.91. The zero-order valence-corrected chi connectivity index (χ0v) is 58.8. The van der Waals surface area contributed by atoms with Crippen LogP contribution in [0.1, 0.15) is 124 Å². The topological polar surface area (TPSA) is 307 Å². The van der Waals surface area contributed by atoms with Crippen molar-refractivity contribution in [1.82, 2.24) is 60.7 Å². The highest BCUT2D eigenvalue weighted by molar-refractivity contribution is 5.96. The molecule has 2 aliphatic rings. The van der Waals surface area contributed by atoms with E-state index < -0.39 is 75.9 Å². The highest BCUT2D eigenvalue weighted by atomic mass is 19.4. The minimum absolute atomic E-state index is 0.00558. The van der Waals surface area contributed by atoms with Crippen LogP contribution in [-0.4, -0.2) is 261 Å². The molecule has 5 rings (SSSR count). The molecular weight excluding hydrogens is 1270 g/mol. The molecule has 5 heterocycles. The fraction of sp³-hybridized carbons (Fsp3) is 0.672. The fourth-order valence-corrected chi connectivity index (χ4v) is 10.7. The maximum Gasteiger partial charge on any atom is 0.434 e. The smallest absolute Gasteiger partial charge is 0.434 e. The molecule has 2 aliphatic heterocycles. The summed E-state index contributed by atoms with van der Waals surface area (Å²) in [4.78, 5) is 117. The Morgan fingerprint density at radius 3 is 1.67 bits per heavy atom. The second kappa shape index (κ2) is 38.7. The summed E-state index contributed by atoms with van der Waals surface area (Å²) in [6, 6.07) is 8.41. The van der Waals surface area contributed by atoms with Crippen LogP contribution in [0.25, 0.3) is 11.3 Å². The molecule has 0 spiro atoms. The lowest BCUT2D eigenvalue weighted by Crippen LogP contribution is -2.55. The van der Waals surface area contributed by atoms with Gasteiger partial charge in [-0.3, -0.25) is 53.2 Å². The monoisotopic (exact) mass is 1370 g/mol. The summed E-state index contributed by atoms with van der Waals surface area (Å²) in [5, 5.41) is 11.8. The number of ether oxygens (including phenoxy) is 6. The van der Waals surface area contributed by atoms with Gasteiger partial charge in [-0.25, -0.2) is 15.0 Å². The van der Waals surface area contributed by atoms with Crippen molar-refractivity contribution in [1.29, 1.82) is 0 Å². The van der Waals surface area contributed by atoms with Crippen molar-refractivity contribution < 1.29 is 75.2 Å². The van der Waals surface area contributed by atoms with E-state index in [0.29, 0.717) is 108 Å². The van der Waals surface area contributed by atoms with Crippen LogP contribution in [0.2, 0.25) is 0 Å². The first-order valence-corrected chi connectivity index (χ1v) is 33.5. The first kappa shape index (κ1) is 80.3. The van der Waals surface area contributed by atoms with E-state index in [4.69, 9.17) is 39.1 Å². The maximum atomic E-state index is 14.2. The van der Waals surface area contributed by atoms with Crippen molar-refractivity contribution in [2.45, 2.75) is 144 Å². The van der Waals surface area contributed by atoms with E-state index in [1.165, 1.54) is 11.0 Å². The molecule has 542 valence electrons. The van der Waals surface area contributed by atoms with E-state index in [1.807, 2.05) is 51.6 Å². The number of alkyl halides is 3. The Hall–Kier alpha value is -7.35. The first-order valence-electron chi connectivity index (χ1n) is 33.5. The Kier molecular flexibility index (Phi) is 32.1. The van der Waals surface area contributed by atoms with Crippen LogP contribution in [0.5, 0.6) is 11.8 Å². The molecule has 3 aromatic rings. The average Bonchev–Trinajstić information content (AvgIpc) is 0.790. The summed E-state index contributed by atoms with van der Waals surface area (Å²) < 4.78 is 76.4. The predicted molar refractivity (Wildman–Crippen MR) is 358 cm³/mol. The van der Waals surface area contributed by atoms with Crippen LogP contribution in [0.3, 0.4) is 0 Å². The molecule has 0 radical (unpaired) electrons. The third-order valence-corrected chi connectivity index (χ3v) is 15.1. The number of esters is 3. The van der Waals surface area contributed by atoms with Crippen molar-refractivity contribution in [2.24, 2.45) is 5.73 Å². The lowest BCUT2D eigenvalue weighted by atomic mass is 10.0. The molecule has 4 amide bonds. The van der Waals surface area contributed by atoms with Gasteiger partial charge in [0.1, 0.15) is 16.8 Å². The second-order valence-electron chi connectivity index (χ2n) is 26.7. The quantitative estimate of drug-likeness (QED) is 0.0346. The maximum absolute atomic E-state index is 14.2. The lowest BCUT2D eigenvalue weighted by molar-refractivity contribution is -0.158. The van der Waals surface area contributed by atoms with E-state index in [2.05, 4.69) is 36.1 Å². The Bertz CT molecular complexity index is 2990. The van der Waals surface area contributed by atoms with Crippen LogP contribution < -0.4 is 41.4 Å². The first-order chi connectivity index (χ1) is 45.7. The second-order valence-corrected chi connectivity index (χ2v) is 26.7. The molecule has 0 unspecified atom stereocenters. The van der Waals surface area contributed by atoms with E-state index >= 15 is 0 Å². The molecule has 0 aromatic carbocycles. The number of nitrogens with two attached hydrogens (primary N) is 1. The number of hydrogen-bond acceptors (Lipinski definition) is 23. The van der Waals surface area contributed by atoms with Crippen molar-refractivity contribution in [3.8, 4) is 23.0 Å². The molecule has 2 saturated heterocycles. The van der Waals surface area contributed by atoms with E-state index in [1.54, 1.807) is 81.5 Å². The highest BCUT2D eigenvalue weighted by Gasteiger charge is 2.41. The van der Waals surface area contributed by atoms with Gasteiger partial charge >= 0.3 is 24.1 Å². The molecule has 6 N–H and O–H groups in total. The van der Waals surface area contributed by atoms with E-state index in [9.17, 15) is 46.7 Å². The number of rotatable bonds is 31. The summed E-state index contributed by atoms with van der Waals surface area (Å²) in [6.45, 7) is 27.4. The van der Waals surface area contributed by atoms with E-state index in [-0.39, 0.29) is 110 Å². The molecule has 0 saturated carbocycles. The van der Waals surface area contributed by atoms with Crippen molar-refractivity contribution in [3.63, 3.8) is 0 Å². The van der Waals surface area contributed by atoms with Gasteiger partial charge in [-0.2, -0.15) is 13.2 Å². The number of piperazine rings is 1. The summed E-state index contributed by atoms with van der Waals surface area (Å²) in [5.74, 6) is -3.03. The molecule has 0 aliphatic carbocycles. The van der Waals surface area contributed by atoms with Gasteiger partial charge in [-0.15, -0.1) is 0 Å². The molecule has 2 fully saturated rings. The van der Waals surface area contributed by atoms with Gasteiger partial charge in [0.15, 0.2) is 5.69 Å².